The Balaban J connectivity index is 2.26. The van der Waals surface area contributed by atoms with E-state index in [0.29, 0.717) is 5.69 Å². The molecular weight excluding hydrogens is 228 g/mol. The number of rotatable bonds is 2. The summed E-state index contributed by atoms with van der Waals surface area (Å²) in [5, 5.41) is 4.25. The van der Waals surface area contributed by atoms with Crippen LogP contribution in [0.5, 0.6) is 5.75 Å². The third-order valence-corrected chi connectivity index (χ3v) is 2.77. The van der Waals surface area contributed by atoms with Gasteiger partial charge in [-0.25, -0.2) is 9.50 Å². The molecule has 0 unspecified atom stereocenters. The number of anilines is 1. The molecule has 0 radical (unpaired) electrons. The Labute approximate surface area is 104 Å². The molecule has 90 valence electrons. The van der Waals surface area contributed by atoms with Gasteiger partial charge in [-0.1, -0.05) is 18.2 Å². The van der Waals surface area contributed by atoms with E-state index in [-0.39, 0.29) is 0 Å². The molecule has 18 heavy (non-hydrogen) atoms. The van der Waals surface area contributed by atoms with E-state index in [1.54, 1.807) is 30.2 Å². The van der Waals surface area contributed by atoms with Crippen LogP contribution in [0.3, 0.4) is 0 Å². The summed E-state index contributed by atoms with van der Waals surface area (Å²) in [6.45, 7) is 0. The highest BCUT2D eigenvalue weighted by Gasteiger charge is 2.11. The first-order valence-electron chi connectivity index (χ1n) is 5.52. The van der Waals surface area contributed by atoms with Crippen molar-refractivity contribution in [2.24, 2.45) is 0 Å². The van der Waals surface area contributed by atoms with Crippen LogP contribution in [0.1, 0.15) is 0 Å². The van der Waals surface area contributed by atoms with Gasteiger partial charge < -0.3 is 10.5 Å². The van der Waals surface area contributed by atoms with Gasteiger partial charge in [0.05, 0.1) is 37.0 Å². The fourth-order valence-electron chi connectivity index (χ4n) is 1.95. The lowest BCUT2D eigenvalue weighted by molar-refractivity contribution is 0.416. The van der Waals surface area contributed by atoms with Crippen molar-refractivity contribution in [2.75, 3.05) is 12.8 Å². The first kappa shape index (κ1) is 10.6. The lowest BCUT2D eigenvalue weighted by Gasteiger charge is -2.06. The molecule has 2 heterocycles. The van der Waals surface area contributed by atoms with Crippen molar-refractivity contribution >= 4 is 11.3 Å². The van der Waals surface area contributed by atoms with Gasteiger partial charge in [0.2, 0.25) is 0 Å². The molecule has 3 rings (SSSR count). The zero-order valence-electron chi connectivity index (χ0n) is 9.87. The first-order valence-corrected chi connectivity index (χ1v) is 5.52. The second kappa shape index (κ2) is 4.03. The molecule has 0 saturated heterocycles. The van der Waals surface area contributed by atoms with E-state index < -0.39 is 0 Å². The molecule has 0 bridgehead atoms. The van der Waals surface area contributed by atoms with Gasteiger partial charge in [-0.15, -0.1) is 0 Å². The first-order chi connectivity index (χ1) is 8.79. The Morgan fingerprint density at radius 2 is 2.00 bits per heavy atom. The number of hydrogen-bond acceptors (Lipinski definition) is 4. The molecule has 0 atom stereocenters. The molecule has 0 spiro atoms. The van der Waals surface area contributed by atoms with Crippen molar-refractivity contribution in [1.29, 1.82) is 0 Å². The Kier molecular flexibility index (Phi) is 2.37. The topological polar surface area (TPSA) is 65.4 Å². The Morgan fingerprint density at radius 1 is 1.17 bits per heavy atom. The maximum absolute atomic E-state index is 5.68. The lowest BCUT2D eigenvalue weighted by atomic mass is 10.1. The summed E-state index contributed by atoms with van der Waals surface area (Å²) in [6, 6.07) is 7.78. The molecular formula is C13H12N4O. The van der Waals surface area contributed by atoms with Crippen LogP contribution < -0.4 is 10.5 Å². The Morgan fingerprint density at radius 3 is 2.83 bits per heavy atom. The number of fused-ring (bicyclic) bond motifs is 1. The molecule has 0 aliphatic rings. The molecule has 0 aliphatic carbocycles. The number of methoxy groups -OCH3 is 1. The van der Waals surface area contributed by atoms with Gasteiger partial charge >= 0.3 is 0 Å². The molecule has 0 amide bonds. The maximum Gasteiger partial charge on any atom is 0.163 e. The van der Waals surface area contributed by atoms with Crippen LogP contribution in [-0.2, 0) is 0 Å². The number of aromatic nitrogens is 3. The molecule has 2 aromatic heterocycles. The number of nitrogens with zero attached hydrogens (tertiary/aromatic N) is 3. The third-order valence-electron chi connectivity index (χ3n) is 2.77. The summed E-state index contributed by atoms with van der Waals surface area (Å²) in [6.07, 6.45) is 5.12. The average Bonchev–Trinajstić information content (AvgIpc) is 2.81. The highest BCUT2D eigenvalue weighted by Crippen LogP contribution is 2.31. The molecule has 3 aromatic rings. The third kappa shape index (κ3) is 1.57. The summed E-state index contributed by atoms with van der Waals surface area (Å²) in [4.78, 5) is 4.31. The minimum Gasteiger partial charge on any atom is -0.496 e. The normalized spacial score (nSPS) is 10.7. The van der Waals surface area contributed by atoms with Crippen molar-refractivity contribution < 1.29 is 4.74 Å². The zero-order chi connectivity index (χ0) is 12.5. The highest BCUT2D eigenvalue weighted by atomic mass is 16.5. The highest BCUT2D eigenvalue weighted by molar-refractivity contribution is 5.81. The van der Waals surface area contributed by atoms with Gasteiger partial charge in [0.25, 0.3) is 0 Å². The number of nitrogen functional groups attached to an aromatic ring is 1. The molecule has 0 fully saturated rings. The maximum atomic E-state index is 5.68. The van der Waals surface area contributed by atoms with E-state index in [1.165, 1.54) is 0 Å². The van der Waals surface area contributed by atoms with E-state index in [2.05, 4.69) is 10.1 Å². The van der Waals surface area contributed by atoms with E-state index in [0.717, 1.165) is 22.5 Å². The zero-order valence-corrected chi connectivity index (χ0v) is 9.87. The predicted octanol–water partition coefficient (Wildman–Crippen LogP) is 1.99. The minimum absolute atomic E-state index is 0.581. The Bertz CT molecular complexity index is 705. The van der Waals surface area contributed by atoms with E-state index in [1.807, 2.05) is 24.3 Å². The number of benzene rings is 1. The SMILES string of the molecule is COc1ccccc1-c1cnn2cc(N)cnc12. The molecule has 5 nitrogen and oxygen atoms in total. The number of para-hydroxylation sites is 1. The predicted molar refractivity (Wildman–Crippen MR) is 69.4 cm³/mol. The van der Waals surface area contributed by atoms with Gasteiger partial charge in [-0.3, -0.25) is 0 Å². The fraction of sp³-hybridized carbons (Fsp3) is 0.0769. The monoisotopic (exact) mass is 240 g/mol. The number of ether oxygens (including phenoxy) is 1. The van der Waals surface area contributed by atoms with Gasteiger partial charge in [0, 0.05) is 5.56 Å². The van der Waals surface area contributed by atoms with Crippen LogP contribution in [-0.4, -0.2) is 21.7 Å². The molecule has 0 aliphatic heterocycles. The van der Waals surface area contributed by atoms with E-state index in [9.17, 15) is 0 Å². The standard InChI is InChI=1S/C13H12N4O/c1-18-12-5-3-2-4-10(12)11-7-16-17-8-9(14)6-15-13(11)17/h2-8H,14H2,1H3. The van der Waals surface area contributed by atoms with Gasteiger partial charge in [0.15, 0.2) is 5.65 Å². The quantitative estimate of drug-likeness (QED) is 0.744. The van der Waals surface area contributed by atoms with Gasteiger partial charge in [0.1, 0.15) is 5.75 Å². The molecule has 0 saturated carbocycles. The summed E-state index contributed by atoms with van der Waals surface area (Å²) in [7, 11) is 1.65. The van der Waals surface area contributed by atoms with Crippen LogP contribution in [0.2, 0.25) is 0 Å². The van der Waals surface area contributed by atoms with Crippen LogP contribution in [0.4, 0.5) is 5.69 Å². The van der Waals surface area contributed by atoms with Crippen LogP contribution in [0, 0.1) is 0 Å². The summed E-state index contributed by atoms with van der Waals surface area (Å²) >= 11 is 0. The van der Waals surface area contributed by atoms with Gasteiger partial charge in [-0.2, -0.15) is 5.10 Å². The number of hydrogen-bond donors (Lipinski definition) is 1. The molecule has 2 N–H and O–H groups in total. The van der Waals surface area contributed by atoms with E-state index >= 15 is 0 Å². The lowest BCUT2D eigenvalue weighted by Crippen LogP contribution is -1.94. The van der Waals surface area contributed by atoms with Crippen molar-refractivity contribution in [1.82, 2.24) is 14.6 Å². The molecule has 1 aromatic carbocycles. The van der Waals surface area contributed by atoms with Crippen molar-refractivity contribution in [3.05, 3.63) is 42.9 Å². The van der Waals surface area contributed by atoms with Crippen LogP contribution >= 0.6 is 0 Å². The summed E-state index contributed by atoms with van der Waals surface area (Å²) < 4.78 is 7.02. The smallest absolute Gasteiger partial charge is 0.163 e. The second-order valence-corrected chi connectivity index (χ2v) is 3.91. The largest absolute Gasteiger partial charge is 0.496 e. The van der Waals surface area contributed by atoms with E-state index in [4.69, 9.17) is 10.5 Å². The van der Waals surface area contributed by atoms with Crippen molar-refractivity contribution in [3.63, 3.8) is 0 Å². The summed E-state index contributed by atoms with van der Waals surface area (Å²) in [5.74, 6) is 0.797. The molecule has 5 heteroatoms. The Hall–Kier alpha value is -2.56. The summed E-state index contributed by atoms with van der Waals surface area (Å²) in [5.41, 5.74) is 8.91. The van der Waals surface area contributed by atoms with Crippen LogP contribution in [0.15, 0.2) is 42.9 Å². The number of nitrogens with two attached hydrogens (primary N) is 1. The van der Waals surface area contributed by atoms with Crippen molar-refractivity contribution in [2.45, 2.75) is 0 Å². The van der Waals surface area contributed by atoms with Crippen molar-refractivity contribution in [3.8, 4) is 16.9 Å². The minimum atomic E-state index is 0.581. The van der Waals surface area contributed by atoms with Gasteiger partial charge in [-0.05, 0) is 6.07 Å². The average molecular weight is 240 g/mol. The van der Waals surface area contributed by atoms with Crippen LogP contribution in [0.25, 0.3) is 16.8 Å². The second-order valence-electron chi connectivity index (χ2n) is 3.91. The fourth-order valence-corrected chi connectivity index (χ4v) is 1.95.